The van der Waals surface area contributed by atoms with Crippen molar-refractivity contribution in [1.82, 2.24) is 0 Å². The standard InChI is InChI=1S/C51H90O34Si/c1-14(2)86(15(3)4,16(5)6)13-23-44-30(64)37(71)51(78-23)84-43-22(12-57)76-49(35(69)28(43)62)82-41-20(10-55)74-47(33(67)26(41)60)80-39-18(8-53)72-45(31(65)24(39)58)79-38-17(7-52)73-46(32(66)25(38)59)81-40-19(9-54)75-48(34(68)27(40)61)83-42-21(11-56)77-50(85-44)36(70)29(42)63/h14-71H,7-13H2,1-6H3/t17-,18-,19-,20-,21-,22-,23-,24-,25-,26-,27-,28-,29-,30-,31-,32-,33-,34-,35-,36-,37-,38-,39-,40-,41-,42-,43-,44-,45-,46-,47-,48-,49-,50-,51+/m1/s1. The Hall–Kier alpha value is -1.14. The Bertz CT molecular complexity index is 2060. The molecule has 21 fully saturated rings. The van der Waals surface area contributed by atoms with Gasteiger partial charge in [-0.1, -0.05) is 58.2 Å². The number of aliphatic hydroxyl groups excluding tert-OH is 20. The van der Waals surface area contributed by atoms with Gasteiger partial charge in [-0.2, -0.15) is 0 Å². The van der Waals surface area contributed by atoms with E-state index in [0.717, 1.165) is 0 Å². The zero-order valence-corrected chi connectivity index (χ0v) is 49.0. The van der Waals surface area contributed by atoms with Crippen LogP contribution in [-0.4, -0.2) is 365 Å². The fourth-order valence-corrected chi connectivity index (χ4v) is 19.9. The molecule has 0 unspecified atom stereocenters. The van der Waals surface area contributed by atoms with Crippen molar-refractivity contribution in [2.75, 3.05) is 39.6 Å². The summed E-state index contributed by atoms with van der Waals surface area (Å²) in [6, 6.07) is 0.148. The third-order valence-corrected chi connectivity index (χ3v) is 25.9. The fourth-order valence-electron chi connectivity index (χ4n) is 13.5. The molecule has 21 aliphatic heterocycles. The van der Waals surface area contributed by atoms with Gasteiger partial charge in [0.15, 0.2) is 44.0 Å². The summed E-state index contributed by atoms with van der Waals surface area (Å²) in [4.78, 5) is 0. The molecule has 0 aliphatic carbocycles. The molecule has 35 atom stereocenters. The van der Waals surface area contributed by atoms with E-state index in [9.17, 15) is 102 Å². The summed E-state index contributed by atoms with van der Waals surface area (Å²) < 4.78 is 82.7. The van der Waals surface area contributed by atoms with Crippen LogP contribution < -0.4 is 0 Å². The van der Waals surface area contributed by atoms with Gasteiger partial charge in [0.25, 0.3) is 0 Å². The van der Waals surface area contributed by atoms with E-state index in [-0.39, 0.29) is 22.7 Å². The normalized spacial score (nSPS) is 51.2. The van der Waals surface area contributed by atoms with Gasteiger partial charge in [0, 0.05) is 0 Å². The summed E-state index contributed by atoms with van der Waals surface area (Å²) in [6.07, 6.45) is -68.6. The summed E-state index contributed by atoms with van der Waals surface area (Å²) in [7, 11) is -2.69. The van der Waals surface area contributed by atoms with Gasteiger partial charge in [-0.15, -0.1) is 0 Å². The maximum Gasteiger partial charge on any atom is 0.187 e. The number of hydrogen-bond acceptors (Lipinski definition) is 34. The first-order valence-electron chi connectivity index (χ1n) is 29.0. The second kappa shape index (κ2) is 29.4. The van der Waals surface area contributed by atoms with Crippen LogP contribution >= 0.6 is 0 Å². The summed E-state index contributed by atoms with van der Waals surface area (Å²) in [5, 5.41) is 225. The highest BCUT2D eigenvalue weighted by Gasteiger charge is 2.60. The molecule has 0 radical (unpaired) electrons. The quantitative estimate of drug-likeness (QED) is 0.0854. The van der Waals surface area contributed by atoms with E-state index in [0.29, 0.717) is 0 Å². The van der Waals surface area contributed by atoms with Crippen molar-refractivity contribution in [2.24, 2.45) is 0 Å². The Morgan fingerprint density at radius 1 is 0.221 bits per heavy atom. The van der Waals surface area contributed by atoms with Crippen LogP contribution in [0.1, 0.15) is 41.5 Å². The summed E-state index contributed by atoms with van der Waals surface area (Å²) in [5.74, 6) is 0. The molecule has 20 N–H and O–H groups in total. The van der Waals surface area contributed by atoms with Crippen LogP contribution in [0.15, 0.2) is 0 Å². The van der Waals surface area contributed by atoms with Crippen LogP contribution in [0.5, 0.6) is 0 Å². The van der Waals surface area contributed by atoms with Gasteiger partial charge in [0.1, 0.15) is 165 Å². The Kier molecular flexibility index (Phi) is 24.2. The predicted octanol–water partition coefficient (Wildman–Crippen LogP) is -10.5. The largest absolute Gasteiger partial charge is 0.394 e. The van der Waals surface area contributed by atoms with E-state index in [2.05, 4.69) is 0 Å². The van der Waals surface area contributed by atoms with Crippen molar-refractivity contribution >= 4 is 8.07 Å². The topological polar surface area (TPSA) is 534 Å². The summed E-state index contributed by atoms with van der Waals surface area (Å²) in [5.41, 5.74) is 0.0334. The molecule has 21 rings (SSSR count). The molecule has 35 heteroatoms. The molecule has 14 bridgehead atoms. The molecule has 0 aromatic rings. The Morgan fingerprint density at radius 3 is 0.500 bits per heavy atom. The summed E-state index contributed by atoms with van der Waals surface area (Å²) >= 11 is 0. The molecule has 34 nitrogen and oxygen atoms in total. The van der Waals surface area contributed by atoms with E-state index in [4.69, 9.17) is 66.3 Å². The van der Waals surface area contributed by atoms with Crippen molar-refractivity contribution in [1.29, 1.82) is 0 Å². The molecule has 0 amide bonds. The monoisotopic (exact) mass is 1270 g/mol. The lowest BCUT2D eigenvalue weighted by Crippen LogP contribution is -2.68. The lowest BCUT2D eigenvalue weighted by molar-refractivity contribution is -0.396. The fraction of sp³-hybridized carbons (Fsp3) is 1.00. The third-order valence-electron chi connectivity index (χ3n) is 18.4. The van der Waals surface area contributed by atoms with E-state index in [1.165, 1.54) is 0 Å². The smallest absolute Gasteiger partial charge is 0.187 e. The molecule has 0 saturated carbocycles. The molecule has 86 heavy (non-hydrogen) atoms. The van der Waals surface area contributed by atoms with Crippen molar-refractivity contribution in [2.45, 2.75) is 279 Å². The first kappa shape index (κ1) is 70.7. The van der Waals surface area contributed by atoms with Crippen molar-refractivity contribution in [3.05, 3.63) is 0 Å². The third kappa shape index (κ3) is 13.6. The van der Waals surface area contributed by atoms with Gasteiger partial charge in [-0.3, -0.25) is 0 Å². The number of hydrogen-bond donors (Lipinski definition) is 20. The van der Waals surface area contributed by atoms with Crippen molar-refractivity contribution in [3.63, 3.8) is 0 Å². The second-order valence-electron chi connectivity index (χ2n) is 24.2. The van der Waals surface area contributed by atoms with Crippen LogP contribution in [0.3, 0.4) is 0 Å². The average Bonchev–Trinajstić information content (AvgIpc) is 0.946. The minimum absolute atomic E-state index is 0.0111. The van der Waals surface area contributed by atoms with Crippen molar-refractivity contribution < 1.29 is 168 Å². The highest BCUT2D eigenvalue weighted by Crippen LogP contribution is 2.48. The first-order chi connectivity index (χ1) is 40.6. The molecule has 502 valence electrons. The molecular formula is C51H90O34Si. The Balaban J connectivity index is 1.13. The van der Waals surface area contributed by atoms with Crippen LogP contribution in [0.2, 0.25) is 22.7 Å². The lowest BCUT2D eigenvalue weighted by Gasteiger charge is -2.52. The second-order valence-corrected chi connectivity index (χ2v) is 30.3. The maximum absolute atomic E-state index is 12.1. The van der Waals surface area contributed by atoms with E-state index in [1.807, 2.05) is 41.5 Å². The Labute approximate surface area is 494 Å². The van der Waals surface area contributed by atoms with Gasteiger partial charge in [-0.05, 0) is 6.04 Å². The van der Waals surface area contributed by atoms with E-state index < -0.39 is 263 Å². The maximum atomic E-state index is 12.1. The highest BCUT2D eigenvalue weighted by atomic mass is 28.3. The molecular weight excluding hydrogens is 1180 g/mol. The van der Waals surface area contributed by atoms with Crippen LogP contribution in [0.25, 0.3) is 0 Å². The molecule has 0 aromatic carbocycles. The SMILES string of the molecule is CC(C)[Si](C[C@H]1O[C@H]2O[C@H]3[C@H](O)[C@@H](O)[C@@H](O[C@H]4[C@H](O)[C@@H](O)[C@@H](O[C@H]5[C@H](O)[C@@H](O)[C@@H](O[C@H]6[C@H](O)[C@@H](O)[C@@H](O[C@H]7[C@H](O)[C@@H](O)[C@@H](O[C@H]8[C@H](O)[C@@H](O)[C@@H](O[C@H]1[C@H](O)[C@H]2O)O[C@@H]8CO)O[C@@H]7CO)O[C@@H]6CO)O[C@@H]5CO)O[C@@H]4CO)O[C@@H]3CO)(C(C)C)C(C)C. The molecule has 21 saturated heterocycles. The number of aliphatic hydroxyl groups is 20. The molecule has 21 heterocycles. The zero-order valence-electron chi connectivity index (χ0n) is 48.0. The first-order valence-corrected chi connectivity index (χ1v) is 31.4. The van der Waals surface area contributed by atoms with Gasteiger partial charge < -0.3 is 168 Å². The van der Waals surface area contributed by atoms with E-state index in [1.54, 1.807) is 0 Å². The van der Waals surface area contributed by atoms with Gasteiger partial charge >= 0.3 is 0 Å². The average molecular weight is 1280 g/mol. The number of rotatable bonds is 11. The molecule has 0 spiro atoms. The van der Waals surface area contributed by atoms with Crippen LogP contribution in [0, 0.1) is 0 Å². The lowest BCUT2D eigenvalue weighted by atomic mass is 9.95. The zero-order chi connectivity index (χ0) is 63.3. The minimum Gasteiger partial charge on any atom is -0.394 e. The van der Waals surface area contributed by atoms with Crippen LogP contribution in [0.4, 0.5) is 0 Å². The molecule has 21 aliphatic rings. The van der Waals surface area contributed by atoms with Crippen molar-refractivity contribution in [3.8, 4) is 0 Å². The number of ether oxygens (including phenoxy) is 14. The highest BCUT2D eigenvalue weighted by molar-refractivity contribution is 6.83. The van der Waals surface area contributed by atoms with Crippen LogP contribution in [-0.2, 0) is 66.3 Å². The van der Waals surface area contributed by atoms with Gasteiger partial charge in [0.05, 0.1) is 53.8 Å². The minimum atomic E-state index is -2.69. The predicted molar refractivity (Wildman–Crippen MR) is 277 cm³/mol. The summed E-state index contributed by atoms with van der Waals surface area (Å²) in [6.45, 7) is 5.95. The van der Waals surface area contributed by atoms with Gasteiger partial charge in [-0.25, -0.2) is 0 Å². The van der Waals surface area contributed by atoms with Gasteiger partial charge in [0.2, 0.25) is 0 Å². The molecule has 0 aromatic heterocycles. The Morgan fingerprint density at radius 2 is 0.360 bits per heavy atom. The van der Waals surface area contributed by atoms with E-state index >= 15 is 0 Å².